The van der Waals surface area contributed by atoms with Gasteiger partial charge in [0.1, 0.15) is 13.1 Å². The molecule has 1 atom stereocenters. The Morgan fingerprint density at radius 3 is 2.71 bits per heavy atom. The van der Waals surface area contributed by atoms with Crippen LogP contribution in [0.4, 0.5) is 0 Å². The van der Waals surface area contributed by atoms with Crippen LogP contribution in [0.2, 0.25) is 0 Å². The molecule has 0 unspecified atom stereocenters. The zero-order valence-corrected chi connectivity index (χ0v) is 13.5. The van der Waals surface area contributed by atoms with Gasteiger partial charge in [-0.15, -0.1) is 0 Å². The lowest BCUT2D eigenvalue weighted by Gasteiger charge is -2.24. The molecule has 1 heterocycles. The van der Waals surface area contributed by atoms with E-state index in [1.54, 1.807) is 4.90 Å². The summed E-state index contributed by atoms with van der Waals surface area (Å²) < 4.78 is 5.36. The van der Waals surface area contributed by atoms with Gasteiger partial charge in [0.25, 0.3) is 0 Å². The molecule has 1 saturated heterocycles. The van der Waals surface area contributed by atoms with Crippen molar-refractivity contribution in [1.82, 2.24) is 10.6 Å². The summed E-state index contributed by atoms with van der Waals surface area (Å²) in [5, 5.41) is 7.37. The predicted octanol–water partition coefficient (Wildman–Crippen LogP) is 0.517. The molecule has 0 bridgehead atoms. The highest BCUT2D eigenvalue weighted by Crippen LogP contribution is 2.10. The maximum atomic E-state index is 5.36. The van der Waals surface area contributed by atoms with Crippen LogP contribution in [0.5, 0.6) is 0 Å². The summed E-state index contributed by atoms with van der Waals surface area (Å²) in [5.74, 6) is 0. The van der Waals surface area contributed by atoms with E-state index in [9.17, 15) is 0 Å². The molecule has 0 saturated carbocycles. The normalized spacial score (nSPS) is 17.2. The summed E-state index contributed by atoms with van der Waals surface area (Å²) in [6, 6.07) is 10.6. The standard InChI is InChI=1S/C16H25N3OS/c1-14(15-6-3-2-4-7-15)18-16(21)17-8-5-9-19-10-12-20-13-11-19/h2-4,6-7,14H,5,8-13H2,1H3,(H2,17,18,21)/p+1/t14-/m0/s1. The molecule has 1 aromatic carbocycles. The number of ether oxygens (including phenoxy) is 1. The van der Waals surface area contributed by atoms with E-state index < -0.39 is 0 Å². The van der Waals surface area contributed by atoms with E-state index in [0.29, 0.717) is 0 Å². The van der Waals surface area contributed by atoms with Gasteiger partial charge in [-0.25, -0.2) is 0 Å². The smallest absolute Gasteiger partial charge is 0.166 e. The second kappa shape index (κ2) is 8.97. The molecule has 21 heavy (non-hydrogen) atoms. The molecule has 4 nitrogen and oxygen atoms in total. The van der Waals surface area contributed by atoms with Gasteiger partial charge in [-0.2, -0.15) is 0 Å². The van der Waals surface area contributed by atoms with Crippen LogP contribution in [0, 0.1) is 0 Å². The molecule has 1 fully saturated rings. The molecule has 0 aliphatic carbocycles. The molecule has 1 aromatic rings. The first-order valence-corrected chi connectivity index (χ1v) is 8.17. The van der Waals surface area contributed by atoms with Gasteiger partial charge in [-0.1, -0.05) is 30.3 Å². The fourth-order valence-corrected chi connectivity index (χ4v) is 2.80. The molecule has 0 radical (unpaired) electrons. The van der Waals surface area contributed by atoms with Crippen molar-refractivity contribution in [3.8, 4) is 0 Å². The molecule has 5 heteroatoms. The number of morpholine rings is 1. The van der Waals surface area contributed by atoms with Crippen molar-refractivity contribution >= 4 is 17.3 Å². The largest absolute Gasteiger partial charge is 0.370 e. The SMILES string of the molecule is C[C@H](NC(=S)NCCC[NH+]1CCOCC1)c1ccccc1. The van der Waals surface area contributed by atoms with E-state index >= 15 is 0 Å². The van der Waals surface area contributed by atoms with E-state index in [1.807, 2.05) is 6.07 Å². The monoisotopic (exact) mass is 308 g/mol. The Bertz CT molecular complexity index is 421. The van der Waals surface area contributed by atoms with Gasteiger partial charge in [0, 0.05) is 13.0 Å². The molecule has 0 spiro atoms. The Kier molecular flexibility index (Phi) is 6.92. The Morgan fingerprint density at radius 2 is 2.00 bits per heavy atom. The Balaban J connectivity index is 1.59. The molecule has 116 valence electrons. The van der Waals surface area contributed by atoms with Gasteiger partial charge in [0.05, 0.1) is 25.8 Å². The van der Waals surface area contributed by atoms with Crippen LogP contribution in [0.25, 0.3) is 0 Å². The van der Waals surface area contributed by atoms with Crippen LogP contribution in [0.15, 0.2) is 30.3 Å². The lowest BCUT2D eigenvalue weighted by molar-refractivity contribution is -0.908. The van der Waals surface area contributed by atoms with Gasteiger partial charge in [-0.05, 0) is 24.7 Å². The number of hydrogen-bond donors (Lipinski definition) is 3. The third kappa shape index (κ3) is 5.99. The van der Waals surface area contributed by atoms with E-state index in [-0.39, 0.29) is 6.04 Å². The van der Waals surface area contributed by atoms with Crippen molar-refractivity contribution in [2.24, 2.45) is 0 Å². The molecular weight excluding hydrogens is 282 g/mol. The Labute approximate surface area is 132 Å². The number of thiocarbonyl (C=S) groups is 1. The summed E-state index contributed by atoms with van der Waals surface area (Å²) in [6.07, 6.45) is 1.14. The maximum absolute atomic E-state index is 5.36. The Hall–Kier alpha value is -1.17. The minimum atomic E-state index is 0.232. The molecule has 0 amide bonds. The highest BCUT2D eigenvalue weighted by Gasteiger charge is 2.12. The van der Waals surface area contributed by atoms with Crippen molar-refractivity contribution in [2.75, 3.05) is 39.4 Å². The van der Waals surface area contributed by atoms with Crippen LogP contribution in [0.3, 0.4) is 0 Å². The molecule has 3 N–H and O–H groups in total. The number of quaternary nitrogens is 1. The topological polar surface area (TPSA) is 37.7 Å². The summed E-state index contributed by atoms with van der Waals surface area (Å²) in [6.45, 7) is 8.31. The third-order valence-electron chi connectivity index (χ3n) is 3.84. The molecule has 1 aliphatic rings. The maximum Gasteiger partial charge on any atom is 0.166 e. The van der Waals surface area contributed by atoms with Crippen molar-refractivity contribution in [1.29, 1.82) is 0 Å². The van der Waals surface area contributed by atoms with E-state index in [1.165, 1.54) is 12.1 Å². The van der Waals surface area contributed by atoms with Crippen molar-refractivity contribution < 1.29 is 9.64 Å². The van der Waals surface area contributed by atoms with Crippen molar-refractivity contribution in [2.45, 2.75) is 19.4 Å². The first kappa shape index (κ1) is 16.2. The van der Waals surface area contributed by atoms with Crippen molar-refractivity contribution in [3.05, 3.63) is 35.9 Å². The second-order valence-corrected chi connectivity index (χ2v) is 5.91. The van der Waals surface area contributed by atoms with Crippen LogP contribution < -0.4 is 15.5 Å². The predicted molar refractivity (Wildman–Crippen MR) is 89.6 cm³/mol. The van der Waals surface area contributed by atoms with E-state index in [0.717, 1.165) is 44.4 Å². The summed E-state index contributed by atoms with van der Waals surface area (Å²) >= 11 is 5.35. The van der Waals surface area contributed by atoms with Gasteiger partial charge >= 0.3 is 0 Å². The van der Waals surface area contributed by atoms with Crippen molar-refractivity contribution in [3.63, 3.8) is 0 Å². The fraction of sp³-hybridized carbons (Fsp3) is 0.562. The number of nitrogens with one attached hydrogen (secondary N) is 3. The number of hydrogen-bond acceptors (Lipinski definition) is 2. The minimum absolute atomic E-state index is 0.232. The van der Waals surface area contributed by atoms with Gasteiger partial charge in [0.2, 0.25) is 0 Å². The van der Waals surface area contributed by atoms with Crippen LogP contribution >= 0.6 is 12.2 Å². The molecule has 2 rings (SSSR count). The molecular formula is C16H26N3OS+. The highest BCUT2D eigenvalue weighted by molar-refractivity contribution is 7.80. The van der Waals surface area contributed by atoms with Gasteiger partial charge in [0.15, 0.2) is 5.11 Å². The number of benzene rings is 1. The van der Waals surface area contributed by atoms with Crippen LogP contribution in [-0.4, -0.2) is 44.5 Å². The third-order valence-corrected chi connectivity index (χ3v) is 4.10. The number of rotatable bonds is 6. The zero-order chi connectivity index (χ0) is 14.9. The Morgan fingerprint density at radius 1 is 1.29 bits per heavy atom. The highest BCUT2D eigenvalue weighted by atomic mass is 32.1. The minimum Gasteiger partial charge on any atom is -0.370 e. The second-order valence-electron chi connectivity index (χ2n) is 5.50. The first-order valence-electron chi connectivity index (χ1n) is 7.76. The van der Waals surface area contributed by atoms with E-state index in [2.05, 4.69) is 41.8 Å². The lowest BCUT2D eigenvalue weighted by Crippen LogP contribution is -3.14. The summed E-state index contributed by atoms with van der Waals surface area (Å²) in [7, 11) is 0. The van der Waals surface area contributed by atoms with Crippen LogP contribution in [0.1, 0.15) is 24.9 Å². The summed E-state index contributed by atoms with van der Waals surface area (Å²) in [4.78, 5) is 1.64. The molecule has 0 aromatic heterocycles. The first-order chi connectivity index (χ1) is 10.3. The lowest BCUT2D eigenvalue weighted by atomic mass is 10.1. The average molecular weight is 308 g/mol. The fourth-order valence-electron chi connectivity index (χ4n) is 2.52. The quantitative estimate of drug-likeness (QED) is 0.529. The molecule has 1 aliphatic heterocycles. The van der Waals surface area contributed by atoms with Crippen LogP contribution in [-0.2, 0) is 4.74 Å². The zero-order valence-electron chi connectivity index (χ0n) is 12.7. The summed E-state index contributed by atoms with van der Waals surface area (Å²) in [5.41, 5.74) is 1.25. The average Bonchev–Trinajstić information content (AvgIpc) is 2.53. The van der Waals surface area contributed by atoms with E-state index in [4.69, 9.17) is 17.0 Å². The van der Waals surface area contributed by atoms with Gasteiger partial charge in [-0.3, -0.25) is 0 Å². The van der Waals surface area contributed by atoms with Gasteiger partial charge < -0.3 is 20.3 Å².